The maximum Gasteiger partial charge on any atom is 0.429 e. The van der Waals surface area contributed by atoms with E-state index in [1.54, 1.807) is 0 Å². The minimum absolute atomic E-state index is 0.0294. The van der Waals surface area contributed by atoms with Gasteiger partial charge in [-0.05, 0) is 30.6 Å². The average molecular weight is 225 g/mol. The third-order valence-corrected chi connectivity index (χ3v) is 3.40. The summed E-state index contributed by atoms with van der Waals surface area (Å²) in [6, 6.07) is 0. The summed E-state index contributed by atoms with van der Waals surface area (Å²) in [6.45, 7) is 6.55. The van der Waals surface area contributed by atoms with Gasteiger partial charge in [0.15, 0.2) is 4.98 Å². The molecule has 0 bridgehead atoms. The molecule has 1 aliphatic carbocycles. The molecular formula is C12H21N2O2+. The molecule has 1 fully saturated rings. The van der Waals surface area contributed by atoms with Gasteiger partial charge < -0.3 is 9.84 Å². The van der Waals surface area contributed by atoms with Crippen molar-refractivity contribution in [2.45, 2.75) is 46.1 Å². The Bertz CT molecular complexity index is 294. The van der Waals surface area contributed by atoms with Gasteiger partial charge in [0.2, 0.25) is 5.39 Å². The Balaban J connectivity index is 2.65. The van der Waals surface area contributed by atoms with Crippen LogP contribution in [-0.4, -0.2) is 11.2 Å². The van der Waals surface area contributed by atoms with Crippen molar-refractivity contribution in [1.82, 2.24) is 0 Å². The van der Waals surface area contributed by atoms with Crippen molar-refractivity contribution < 1.29 is 9.84 Å². The molecule has 90 valence electrons. The normalized spacial score (nSPS) is 31.2. The largest absolute Gasteiger partial charge is 0.476 e. The number of ether oxygens (including phenoxy) is 1. The van der Waals surface area contributed by atoms with Crippen molar-refractivity contribution in [3.05, 3.63) is 17.1 Å². The molecule has 1 N–H and O–H groups in total. The van der Waals surface area contributed by atoms with Crippen LogP contribution in [0.5, 0.6) is 0 Å². The lowest BCUT2D eigenvalue weighted by Crippen LogP contribution is -2.34. The lowest BCUT2D eigenvalue weighted by atomic mass is 9.75. The SMILES string of the molecule is CC1CCC(C(C)C)C(O/C(O)=C/[N+]#N)C1. The lowest BCUT2D eigenvalue weighted by Gasteiger charge is -2.36. The Morgan fingerprint density at radius 1 is 1.50 bits per heavy atom. The summed E-state index contributed by atoms with van der Waals surface area (Å²) in [7, 11) is 0. The highest BCUT2D eigenvalue weighted by Gasteiger charge is 2.33. The highest BCUT2D eigenvalue weighted by molar-refractivity contribution is 4.91. The molecule has 1 rings (SSSR count). The third kappa shape index (κ3) is 3.41. The first-order valence-electron chi connectivity index (χ1n) is 5.94. The van der Waals surface area contributed by atoms with Gasteiger partial charge >= 0.3 is 12.1 Å². The Morgan fingerprint density at radius 3 is 2.75 bits per heavy atom. The number of hydrogen-bond donors (Lipinski definition) is 1. The van der Waals surface area contributed by atoms with E-state index in [1.165, 1.54) is 6.42 Å². The van der Waals surface area contributed by atoms with Gasteiger partial charge in [-0.2, -0.15) is 0 Å². The number of diazo groups is 1. The van der Waals surface area contributed by atoms with E-state index in [0.717, 1.165) is 19.0 Å². The highest BCUT2D eigenvalue weighted by atomic mass is 16.6. The molecule has 0 saturated heterocycles. The minimum atomic E-state index is -0.299. The van der Waals surface area contributed by atoms with E-state index < -0.39 is 0 Å². The molecule has 16 heavy (non-hydrogen) atoms. The fourth-order valence-corrected chi connectivity index (χ4v) is 2.49. The fourth-order valence-electron chi connectivity index (χ4n) is 2.49. The van der Waals surface area contributed by atoms with Crippen LogP contribution in [0.3, 0.4) is 0 Å². The van der Waals surface area contributed by atoms with Crippen LogP contribution in [0.4, 0.5) is 0 Å². The molecule has 4 nitrogen and oxygen atoms in total. The second-order valence-corrected chi connectivity index (χ2v) is 5.07. The predicted octanol–water partition coefficient (Wildman–Crippen LogP) is 3.67. The van der Waals surface area contributed by atoms with Crippen LogP contribution in [0.15, 0.2) is 12.1 Å². The van der Waals surface area contributed by atoms with Crippen LogP contribution >= 0.6 is 0 Å². The van der Waals surface area contributed by atoms with Gasteiger partial charge in [0, 0.05) is 0 Å². The Kier molecular flexibility index (Phi) is 4.60. The Morgan fingerprint density at radius 2 is 2.19 bits per heavy atom. The van der Waals surface area contributed by atoms with Gasteiger partial charge in [-0.3, -0.25) is 0 Å². The number of nitrogens with zero attached hydrogens (tertiary/aromatic N) is 2. The molecule has 0 radical (unpaired) electrons. The van der Waals surface area contributed by atoms with E-state index >= 15 is 0 Å². The number of aliphatic hydroxyl groups excluding tert-OH is 1. The molecule has 0 spiro atoms. The topological polar surface area (TPSA) is 57.6 Å². The number of rotatable bonds is 3. The van der Waals surface area contributed by atoms with Crippen LogP contribution in [-0.2, 0) is 4.74 Å². The van der Waals surface area contributed by atoms with E-state index in [4.69, 9.17) is 10.1 Å². The second kappa shape index (κ2) is 5.74. The van der Waals surface area contributed by atoms with Gasteiger partial charge in [0.05, 0.1) is 0 Å². The zero-order valence-corrected chi connectivity index (χ0v) is 10.3. The molecule has 3 unspecified atom stereocenters. The van der Waals surface area contributed by atoms with Crippen LogP contribution in [0.25, 0.3) is 4.98 Å². The fraction of sp³-hybridized carbons (Fsp3) is 0.833. The molecule has 0 aromatic rings. The summed E-state index contributed by atoms with van der Waals surface area (Å²) in [5.41, 5.74) is 0. The summed E-state index contributed by atoms with van der Waals surface area (Å²) in [5, 5.41) is 17.7. The number of hydrogen-bond acceptors (Lipinski definition) is 3. The summed E-state index contributed by atoms with van der Waals surface area (Å²) in [5.74, 6) is 1.33. The highest BCUT2D eigenvalue weighted by Crippen LogP contribution is 2.35. The first-order valence-corrected chi connectivity index (χ1v) is 5.94. The van der Waals surface area contributed by atoms with Crippen molar-refractivity contribution in [1.29, 1.82) is 5.39 Å². The van der Waals surface area contributed by atoms with Crippen LogP contribution < -0.4 is 0 Å². The van der Waals surface area contributed by atoms with E-state index in [2.05, 4.69) is 25.7 Å². The lowest BCUT2D eigenvalue weighted by molar-refractivity contribution is -0.0438. The molecule has 4 heteroatoms. The maximum atomic E-state index is 9.37. The monoisotopic (exact) mass is 225 g/mol. The van der Waals surface area contributed by atoms with Gasteiger partial charge in [0.25, 0.3) is 0 Å². The van der Waals surface area contributed by atoms with E-state index in [-0.39, 0.29) is 12.0 Å². The van der Waals surface area contributed by atoms with Crippen molar-refractivity contribution in [2.24, 2.45) is 17.8 Å². The molecule has 0 aliphatic heterocycles. The van der Waals surface area contributed by atoms with Gasteiger partial charge in [-0.15, -0.1) is 0 Å². The van der Waals surface area contributed by atoms with Crippen molar-refractivity contribution in [3.8, 4) is 0 Å². The zero-order chi connectivity index (χ0) is 12.1. The van der Waals surface area contributed by atoms with Crippen LogP contribution in [0.1, 0.15) is 40.0 Å². The van der Waals surface area contributed by atoms with Crippen molar-refractivity contribution in [3.63, 3.8) is 0 Å². The molecule has 3 atom stereocenters. The van der Waals surface area contributed by atoms with Crippen LogP contribution in [0.2, 0.25) is 0 Å². The molecule has 0 aromatic carbocycles. The summed E-state index contributed by atoms with van der Waals surface area (Å²) < 4.78 is 5.44. The van der Waals surface area contributed by atoms with Gasteiger partial charge in [0.1, 0.15) is 6.10 Å². The van der Waals surface area contributed by atoms with Gasteiger partial charge in [-0.25, -0.2) is 0 Å². The molecule has 0 heterocycles. The third-order valence-electron chi connectivity index (χ3n) is 3.40. The Hall–Kier alpha value is -1.24. The first kappa shape index (κ1) is 12.8. The second-order valence-electron chi connectivity index (χ2n) is 5.07. The molecule has 0 amide bonds. The summed E-state index contributed by atoms with van der Waals surface area (Å²) >= 11 is 0. The Labute approximate surface area is 96.9 Å². The first-order chi connectivity index (χ1) is 7.54. The van der Waals surface area contributed by atoms with E-state index in [0.29, 0.717) is 17.8 Å². The molecular weight excluding hydrogens is 204 g/mol. The maximum absolute atomic E-state index is 9.37. The molecule has 1 aliphatic rings. The minimum Gasteiger partial charge on any atom is -0.476 e. The van der Waals surface area contributed by atoms with Crippen molar-refractivity contribution in [2.75, 3.05) is 0 Å². The predicted molar refractivity (Wildman–Crippen MR) is 62.0 cm³/mol. The summed E-state index contributed by atoms with van der Waals surface area (Å²) in [4.78, 5) is 2.75. The van der Waals surface area contributed by atoms with Crippen LogP contribution in [0, 0.1) is 23.1 Å². The molecule has 0 aromatic heterocycles. The molecule has 1 saturated carbocycles. The smallest absolute Gasteiger partial charge is 0.429 e. The quantitative estimate of drug-likeness (QED) is 0.589. The summed E-state index contributed by atoms with van der Waals surface area (Å²) in [6.07, 6.45) is 4.26. The zero-order valence-electron chi connectivity index (χ0n) is 10.3. The van der Waals surface area contributed by atoms with Crippen molar-refractivity contribution >= 4 is 0 Å². The van der Waals surface area contributed by atoms with E-state index in [9.17, 15) is 5.11 Å². The van der Waals surface area contributed by atoms with E-state index in [1.807, 2.05) is 0 Å². The number of aliphatic hydroxyl groups is 1. The standard InChI is InChI=1S/C12H20N2O2/c1-8(2)10-5-4-9(3)6-11(10)16-12(15)7-14-13/h7-11H,4-6H2,1-3H3/p+1/b12-7+. The van der Waals surface area contributed by atoms with Gasteiger partial charge in [-0.1, -0.05) is 27.2 Å². The average Bonchev–Trinajstić information content (AvgIpc) is 2.17.